The van der Waals surface area contributed by atoms with Gasteiger partial charge in [0.1, 0.15) is 0 Å². The predicted molar refractivity (Wildman–Crippen MR) is 111 cm³/mol. The van der Waals surface area contributed by atoms with Crippen LogP contribution in [0.25, 0.3) is 0 Å². The minimum atomic E-state index is -0.193. The van der Waals surface area contributed by atoms with Gasteiger partial charge < -0.3 is 4.74 Å². The van der Waals surface area contributed by atoms with E-state index in [1.807, 2.05) is 0 Å². The van der Waals surface area contributed by atoms with Gasteiger partial charge in [0.05, 0.1) is 6.61 Å². The highest BCUT2D eigenvalue weighted by atomic mass is 35.5. The van der Waals surface area contributed by atoms with Crippen molar-refractivity contribution in [2.45, 2.75) is 122 Å². The van der Waals surface area contributed by atoms with Crippen molar-refractivity contribution in [1.29, 1.82) is 0 Å². The van der Waals surface area contributed by atoms with Gasteiger partial charge in [-0.1, -0.05) is 96.3 Å². The van der Waals surface area contributed by atoms with E-state index in [2.05, 4.69) is 0 Å². The summed E-state index contributed by atoms with van der Waals surface area (Å²) < 4.78 is 4.92. The Labute approximate surface area is 166 Å². The van der Waals surface area contributed by atoms with Crippen molar-refractivity contribution in [3.8, 4) is 0 Å². The van der Waals surface area contributed by atoms with E-state index in [-0.39, 0.29) is 11.2 Å². The molecule has 0 radical (unpaired) electrons. The molecular formula is C22H41ClO3. The van der Waals surface area contributed by atoms with Crippen molar-refractivity contribution in [3.63, 3.8) is 0 Å². The summed E-state index contributed by atoms with van der Waals surface area (Å²) in [5.41, 5.74) is 0. The SMILES string of the molecule is CC(=O)OCCCCCCCCCCCCCCCCCCCC(=O)Cl. The number of halogens is 1. The minimum absolute atomic E-state index is 0.165. The molecule has 0 unspecified atom stereocenters. The quantitative estimate of drug-likeness (QED) is 0.124. The largest absolute Gasteiger partial charge is 0.466 e. The number of carbonyl (C=O) groups excluding carboxylic acids is 2. The molecule has 0 aliphatic rings. The zero-order valence-corrected chi connectivity index (χ0v) is 17.8. The van der Waals surface area contributed by atoms with Crippen molar-refractivity contribution in [2.75, 3.05) is 6.61 Å². The molecule has 0 aromatic heterocycles. The summed E-state index contributed by atoms with van der Waals surface area (Å²) in [6, 6.07) is 0. The Balaban J connectivity index is 3.01. The van der Waals surface area contributed by atoms with Crippen LogP contribution in [0, 0.1) is 0 Å². The third-order valence-corrected chi connectivity index (χ3v) is 5.01. The standard InChI is InChI=1S/C22H41ClO3/c1-21(24)26-20-18-16-14-12-10-8-6-4-2-3-5-7-9-11-13-15-17-19-22(23)25/h2-20H2,1H3. The van der Waals surface area contributed by atoms with Gasteiger partial charge in [0.25, 0.3) is 0 Å². The van der Waals surface area contributed by atoms with Crippen molar-refractivity contribution >= 4 is 22.8 Å². The van der Waals surface area contributed by atoms with Gasteiger partial charge in [0.15, 0.2) is 0 Å². The van der Waals surface area contributed by atoms with E-state index in [4.69, 9.17) is 16.3 Å². The number of hydrogen-bond acceptors (Lipinski definition) is 3. The molecule has 154 valence electrons. The van der Waals surface area contributed by atoms with Crippen LogP contribution in [0.2, 0.25) is 0 Å². The van der Waals surface area contributed by atoms with Crippen LogP contribution in [0.5, 0.6) is 0 Å². The molecule has 0 rings (SSSR count). The van der Waals surface area contributed by atoms with Crippen LogP contribution < -0.4 is 0 Å². The number of hydrogen-bond donors (Lipinski definition) is 0. The average Bonchev–Trinajstić information content (AvgIpc) is 2.59. The van der Waals surface area contributed by atoms with Crippen molar-refractivity contribution in [3.05, 3.63) is 0 Å². The smallest absolute Gasteiger partial charge is 0.302 e. The summed E-state index contributed by atoms with van der Waals surface area (Å²) in [5.74, 6) is -0.165. The van der Waals surface area contributed by atoms with Crippen LogP contribution in [0.4, 0.5) is 0 Å². The van der Waals surface area contributed by atoms with E-state index < -0.39 is 0 Å². The van der Waals surface area contributed by atoms with Crippen molar-refractivity contribution < 1.29 is 14.3 Å². The Kier molecular flexibility index (Phi) is 20.3. The van der Waals surface area contributed by atoms with Gasteiger partial charge in [-0.05, 0) is 24.4 Å². The molecule has 4 heteroatoms. The minimum Gasteiger partial charge on any atom is -0.466 e. The van der Waals surface area contributed by atoms with Crippen LogP contribution in [0.3, 0.4) is 0 Å². The molecule has 0 aliphatic heterocycles. The number of ether oxygens (including phenoxy) is 1. The summed E-state index contributed by atoms with van der Waals surface area (Å²) in [6.45, 7) is 2.06. The first-order valence-electron chi connectivity index (χ1n) is 10.9. The second-order valence-electron chi connectivity index (χ2n) is 7.46. The first-order chi connectivity index (χ1) is 12.6. The van der Waals surface area contributed by atoms with E-state index >= 15 is 0 Å². The topological polar surface area (TPSA) is 43.4 Å². The van der Waals surface area contributed by atoms with E-state index in [1.54, 1.807) is 0 Å². The normalized spacial score (nSPS) is 10.8. The van der Waals surface area contributed by atoms with Gasteiger partial charge in [-0.2, -0.15) is 0 Å². The molecule has 0 N–H and O–H groups in total. The Hall–Kier alpha value is -0.570. The second-order valence-corrected chi connectivity index (χ2v) is 7.88. The number of unbranched alkanes of at least 4 members (excludes halogenated alkanes) is 16. The third-order valence-electron chi connectivity index (χ3n) is 4.82. The van der Waals surface area contributed by atoms with Gasteiger partial charge in [0, 0.05) is 13.3 Å². The van der Waals surface area contributed by atoms with Crippen LogP contribution in [-0.4, -0.2) is 17.8 Å². The molecule has 0 bridgehead atoms. The monoisotopic (exact) mass is 388 g/mol. The summed E-state index contributed by atoms with van der Waals surface area (Å²) in [4.78, 5) is 21.2. The number of carbonyl (C=O) groups is 2. The van der Waals surface area contributed by atoms with E-state index in [0.29, 0.717) is 13.0 Å². The summed E-state index contributed by atoms with van der Waals surface area (Å²) in [7, 11) is 0. The molecule has 0 heterocycles. The second kappa shape index (κ2) is 20.7. The zero-order valence-electron chi connectivity index (χ0n) is 17.0. The van der Waals surface area contributed by atoms with Gasteiger partial charge in [-0.3, -0.25) is 9.59 Å². The Morgan fingerprint density at radius 2 is 0.885 bits per heavy atom. The van der Waals surface area contributed by atoms with E-state index in [9.17, 15) is 9.59 Å². The van der Waals surface area contributed by atoms with Crippen LogP contribution in [0.1, 0.15) is 122 Å². The molecule has 0 spiro atoms. The Morgan fingerprint density at radius 3 is 1.19 bits per heavy atom. The molecule has 0 saturated carbocycles. The fourth-order valence-corrected chi connectivity index (χ4v) is 3.37. The fourth-order valence-electron chi connectivity index (χ4n) is 3.23. The van der Waals surface area contributed by atoms with Gasteiger partial charge in [-0.25, -0.2) is 0 Å². The van der Waals surface area contributed by atoms with Gasteiger partial charge in [0.2, 0.25) is 5.24 Å². The Bertz CT molecular complexity index is 299. The maximum absolute atomic E-state index is 10.6. The lowest BCUT2D eigenvalue weighted by Crippen LogP contribution is -2.00. The Morgan fingerprint density at radius 1 is 0.577 bits per heavy atom. The third kappa shape index (κ3) is 23.4. The lowest BCUT2D eigenvalue weighted by atomic mass is 10.0. The van der Waals surface area contributed by atoms with Crippen LogP contribution in [0.15, 0.2) is 0 Å². The summed E-state index contributed by atoms with van der Waals surface area (Å²) in [5, 5.41) is -0.193. The van der Waals surface area contributed by atoms with Gasteiger partial charge >= 0.3 is 5.97 Å². The molecule has 0 aromatic rings. The molecule has 3 nitrogen and oxygen atoms in total. The molecular weight excluding hydrogens is 348 g/mol. The first kappa shape index (κ1) is 25.4. The van der Waals surface area contributed by atoms with Gasteiger partial charge in [-0.15, -0.1) is 0 Å². The van der Waals surface area contributed by atoms with Crippen molar-refractivity contribution in [1.82, 2.24) is 0 Å². The van der Waals surface area contributed by atoms with Crippen molar-refractivity contribution in [2.24, 2.45) is 0 Å². The maximum Gasteiger partial charge on any atom is 0.302 e. The van der Waals surface area contributed by atoms with E-state index in [1.165, 1.54) is 96.8 Å². The van der Waals surface area contributed by atoms with Crippen LogP contribution in [-0.2, 0) is 14.3 Å². The summed E-state index contributed by atoms with van der Waals surface area (Å²) >= 11 is 5.32. The number of rotatable bonds is 20. The van der Waals surface area contributed by atoms with Crippen LogP contribution >= 0.6 is 11.6 Å². The fraction of sp³-hybridized carbons (Fsp3) is 0.909. The zero-order chi connectivity index (χ0) is 19.3. The summed E-state index contributed by atoms with van der Waals surface area (Å²) in [6.07, 6.45) is 22.3. The predicted octanol–water partition coefficient (Wildman–Crippen LogP) is 7.34. The van der Waals surface area contributed by atoms with E-state index in [0.717, 1.165) is 19.3 Å². The molecule has 0 fully saturated rings. The molecule has 26 heavy (non-hydrogen) atoms. The lowest BCUT2D eigenvalue weighted by molar-refractivity contribution is -0.141. The molecule has 0 aliphatic carbocycles. The highest BCUT2D eigenvalue weighted by Crippen LogP contribution is 2.14. The molecule has 0 amide bonds. The maximum atomic E-state index is 10.6. The first-order valence-corrected chi connectivity index (χ1v) is 11.3. The molecule has 0 aromatic carbocycles. The highest BCUT2D eigenvalue weighted by molar-refractivity contribution is 6.63. The lowest BCUT2D eigenvalue weighted by Gasteiger charge is -2.04. The average molecular weight is 389 g/mol. The highest BCUT2D eigenvalue weighted by Gasteiger charge is 1.97. The molecule has 0 atom stereocenters. The number of esters is 1. The molecule has 0 saturated heterocycles.